The fraction of sp³-hybridized carbons (Fsp3) is 0.714. The maximum absolute atomic E-state index is 12.2. The van der Waals surface area contributed by atoms with Crippen LogP contribution in [0.2, 0.25) is 0 Å². The van der Waals surface area contributed by atoms with E-state index in [-0.39, 0.29) is 5.92 Å². The Labute approximate surface area is 145 Å². The number of nitrogens with one attached hydrogen (secondary N) is 2. The molecule has 0 aromatic carbocycles. The lowest BCUT2D eigenvalue weighted by Crippen LogP contribution is -2.56. The Balaban J connectivity index is 4.98. The van der Waals surface area contributed by atoms with Crippen molar-refractivity contribution in [3.8, 4) is 0 Å². The molecule has 24 heavy (non-hydrogen) atoms. The molecule has 0 aromatic rings. The van der Waals surface area contributed by atoms with E-state index in [1.165, 1.54) is 11.8 Å². The second kappa shape index (κ2) is 10.9. The number of aliphatic carboxylic acids is 1. The lowest BCUT2D eigenvalue weighted by atomic mass is 10.0. The summed E-state index contributed by atoms with van der Waals surface area (Å²) in [6.45, 7) is 3.25. The van der Waals surface area contributed by atoms with Gasteiger partial charge in [-0.1, -0.05) is 13.8 Å². The van der Waals surface area contributed by atoms with E-state index in [1.54, 1.807) is 13.8 Å². The molecule has 0 rings (SSSR count). The first-order chi connectivity index (χ1) is 11.1. The topological polar surface area (TPSA) is 165 Å². The number of carbonyl (C=O) groups excluding carboxylic acids is 3. The standard InChI is InChI=1S/C14H26N4O5S/c1-7(2)11(14(22)23)18-13(21)9(6-10(16)19)17-12(20)8(15)4-5-24-3/h7-9,11H,4-6,15H2,1-3H3,(H2,16,19)(H,17,20)(H,18,21)(H,22,23). The molecule has 3 amide bonds. The quantitative estimate of drug-likeness (QED) is 0.303. The lowest BCUT2D eigenvalue weighted by molar-refractivity contribution is -0.143. The summed E-state index contributed by atoms with van der Waals surface area (Å²) in [7, 11) is 0. The molecule has 0 saturated heterocycles. The molecule has 138 valence electrons. The molecule has 0 radical (unpaired) electrons. The van der Waals surface area contributed by atoms with E-state index >= 15 is 0 Å². The maximum Gasteiger partial charge on any atom is 0.326 e. The van der Waals surface area contributed by atoms with Gasteiger partial charge in [-0.3, -0.25) is 14.4 Å². The molecule has 10 heteroatoms. The minimum Gasteiger partial charge on any atom is -0.480 e. The van der Waals surface area contributed by atoms with Gasteiger partial charge in [0.05, 0.1) is 12.5 Å². The van der Waals surface area contributed by atoms with Crippen LogP contribution in [0.1, 0.15) is 26.7 Å². The van der Waals surface area contributed by atoms with Crippen LogP contribution < -0.4 is 22.1 Å². The van der Waals surface area contributed by atoms with E-state index < -0.39 is 48.2 Å². The van der Waals surface area contributed by atoms with Gasteiger partial charge in [-0.25, -0.2) is 4.79 Å². The van der Waals surface area contributed by atoms with E-state index in [2.05, 4.69) is 10.6 Å². The summed E-state index contributed by atoms with van der Waals surface area (Å²) in [5.41, 5.74) is 10.8. The van der Waals surface area contributed by atoms with Crippen molar-refractivity contribution in [1.29, 1.82) is 0 Å². The number of amides is 3. The third-order valence-corrected chi connectivity index (χ3v) is 3.88. The first kappa shape index (κ1) is 22.2. The molecular formula is C14H26N4O5S. The number of nitrogens with two attached hydrogens (primary N) is 2. The molecule has 7 N–H and O–H groups in total. The average Bonchev–Trinajstić information content (AvgIpc) is 2.47. The molecule has 0 aliphatic rings. The Morgan fingerprint density at radius 3 is 2.12 bits per heavy atom. The van der Waals surface area contributed by atoms with Crippen molar-refractivity contribution < 1.29 is 24.3 Å². The van der Waals surface area contributed by atoms with Crippen molar-refractivity contribution in [3.05, 3.63) is 0 Å². The number of hydrogen-bond acceptors (Lipinski definition) is 6. The van der Waals surface area contributed by atoms with Gasteiger partial charge in [-0.05, 0) is 24.3 Å². The third kappa shape index (κ3) is 8.16. The molecule has 0 spiro atoms. The number of primary amides is 1. The summed E-state index contributed by atoms with van der Waals surface area (Å²) in [6.07, 6.45) is 1.82. The number of carboxylic acids is 1. The highest BCUT2D eigenvalue weighted by Crippen LogP contribution is 2.04. The van der Waals surface area contributed by atoms with Gasteiger partial charge in [-0.2, -0.15) is 11.8 Å². The van der Waals surface area contributed by atoms with Gasteiger partial charge in [-0.15, -0.1) is 0 Å². The van der Waals surface area contributed by atoms with Crippen LogP contribution >= 0.6 is 11.8 Å². The molecule has 0 saturated carbocycles. The second-order valence-electron chi connectivity index (χ2n) is 5.69. The van der Waals surface area contributed by atoms with Crippen LogP contribution in [0.5, 0.6) is 0 Å². The maximum atomic E-state index is 12.2. The van der Waals surface area contributed by atoms with Gasteiger partial charge in [0.2, 0.25) is 17.7 Å². The molecule has 0 aliphatic heterocycles. The molecule has 3 unspecified atom stereocenters. The van der Waals surface area contributed by atoms with Gasteiger partial charge in [0, 0.05) is 0 Å². The first-order valence-corrected chi connectivity index (χ1v) is 8.85. The number of rotatable bonds is 11. The molecule has 0 heterocycles. The number of carboxylic acid groups (broad SMARTS) is 1. The summed E-state index contributed by atoms with van der Waals surface area (Å²) in [5.74, 6) is -3.11. The van der Waals surface area contributed by atoms with Crippen molar-refractivity contribution in [2.45, 2.75) is 44.8 Å². The Morgan fingerprint density at radius 2 is 1.71 bits per heavy atom. The largest absolute Gasteiger partial charge is 0.480 e. The van der Waals surface area contributed by atoms with Crippen LogP contribution in [-0.2, 0) is 19.2 Å². The van der Waals surface area contributed by atoms with Crippen LogP contribution in [0.4, 0.5) is 0 Å². The van der Waals surface area contributed by atoms with E-state index in [0.29, 0.717) is 12.2 Å². The fourth-order valence-electron chi connectivity index (χ4n) is 1.83. The molecular weight excluding hydrogens is 336 g/mol. The SMILES string of the molecule is CSCCC(N)C(=O)NC(CC(N)=O)C(=O)NC(C(=O)O)C(C)C. The zero-order valence-electron chi connectivity index (χ0n) is 14.1. The van der Waals surface area contributed by atoms with Crippen molar-refractivity contribution in [3.63, 3.8) is 0 Å². The van der Waals surface area contributed by atoms with E-state index in [1.807, 2.05) is 6.26 Å². The molecule has 0 fully saturated rings. The normalized spacial score (nSPS) is 14.5. The minimum atomic E-state index is -1.27. The highest BCUT2D eigenvalue weighted by molar-refractivity contribution is 7.98. The summed E-state index contributed by atoms with van der Waals surface area (Å²) >= 11 is 1.52. The summed E-state index contributed by atoms with van der Waals surface area (Å²) < 4.78 is 0. The Kier molecular flexibility index (Phi) is 10.0. The summed E-state index contributed by atoms with van der Waals surface area (Å²) in [5, 5.41) is 13.8. The zero-order valence-corrected chi connectivity index (χ0v) is 14.9. The monoisotopic (exact) mass is 362 g/mol. The first-order valence-electron chi connectivity index (χ1n) is 7.46. The van der Waals surface area contributed by atoms with E-state index in [4.69, 9.17) is 16.6 Å². The zero-order chi connectivity index (χ0) is 18.9. The number of carbonyl (C=O) groups is 4. The van der Waals surface area contributed by atoms with Crippen molar-refractivity contribution >= 4 is 35.5 Å². The van der Waals surface area contributed by atoms with Gasteiger partial charge < -0.3 is 27.2 Å². The predicted octanol–water partition coefficient (Wildman–Crippen LogP) is -1.35. The van der Waals surface area contributed by atoms with Gasteiger partial charge in [0.25, 0.3) is 0 Å². The number of thioether (sulfide) groups is 1. The van der Waals surface area contributed by atoms with Gasteiger partial charge >= 0.3 is 5.97 Å². The summed E-state index contributed by atoms with van der Waals surface area (Å²) in [4.78, 5) is 46.5. The fourth-order valence-corrected chi connectivity index (χ4v) is 2.32. The van der Waals surface area contributed by atoms with Crippen LogP contribution in [0, 0.1) is 5.92 Å². The van der Waals surface area contributed by atoms with Crippen molar-refractivity contribution in [2.75, 3.05) is 12.0 Å². The molecule has 0 aromatic heterocycles. The average molecular weight is 362 g/mol. The van der Waals surface area contributed by atoms with Crippen LogP contribution in [-0.4, -0.2) is 58.9 Å². The molecule has 0 aliphatic carbocycles. The van der Waals surface area contributed by atoms with Crippen LogP contribution in [0.3, 0.4) is 0 Å². The van der Waals surface area contributed by atoms with Crippen molar-refractivity contribution in [2.24, 2.45) is 17.4 Å². The van der Waals surface area contributed by atoms with Crippen LogP contribution in [0.15, 0.2) is 0 Å². The molecule has 3 atom stereocenters. The molecule has 9 nitrogen and oxygen atoms in total. The van der Waals surface area contributed by atoms with E-state index in [0.717, 1.165) is 0 Å². The highest BCUT2D eigenvalue weighted by atomic mass is 32.2. The Bertz CT molecular complexity index is 472. The van der Waals surface area contributed by atoms with Gasteiger partial charge in [0.15, 0.2) is 0 Å². The smallest absolute Gasteiger partial charge is 0.326 e. The number of hydrogen-bond donors (Lipinski definition) is 5. The Hall–Kier alpha value is -1.81. The van der Waals surface area contributed by atoms with E-state index in [9.17, 15) is 19.2 Å². The van der Waals surface area contributed by atoms with Gasteiger partial charge in [0.1, 0.15) is 12.1 Å². The second-order valence-corrected chi connectivity index (χ2v) is 6.67. The predicted molar refractivity (Wildman–Crippen MR) is 91.1 cm³/mol. The highest BCUT2D eigenvalue weighted by Gasteiger charge is 2.30. The van der Waals surface area contributed by atoms with Crippen LogP contribution in [0.25, 0.3) is 0 Å². The summed E-state index contributed by atoms with van der Waals surface area (Å²) in [6, 6.07) is -3.24. The Morgan fingerprint density at radius 1 is 1.12 bits per heavy atom. The minimum absolute atomic E-state index is 0.375. The lowest BCUT2D eigenvalue weighted by Gasteiger charge is -2.23. The third-order valence-electron chi connectivity index (χ3n) is 3.24. The molecule has 0 bridgehead atoms. The van der Waals surface area contributed by atoms with Crippen molar-refractivity contribution in [1.82, 2.24) is 10.6 Å².